The lowest BCUT2D eigenvalue weighted by atomic mass is 10.3. The molecule has 0 aliphatic heterocycles. The van der Waals surface area contributed by atoms with E-state index in [9.17, 15) is 35.9 Å². The van der Waals surface area contributed by atoms with Crippen molar-refractivity contribution in [3.05, 3.63) is 54.8 Å². The quantitative estimate of drug-likeness (QED) is 0.440. The third-order valence-electron chi connectivity index (χ3n) is 2.92. The van der Waals surface area contributed by atoms with Crippen LogP contribution in [0.4, 0.5) is 26.3 Å². The summed E-state index contributed by atoms with van der Waals surface area (Å²) in [6.45, 7) is 0. The van der Waals surface area contributed by atoms with E-state index in [1.165, 1.54) is 0 Å². The molecule has 0 bridgehead atoms. The molecule has 1 aromatic heterocycles. The summed E-state index contributed by atoms with van der Waals surface area (Å²) in [5, 5.41) is -1.19. The molecule has 0 spiro atoms. The molecule has 0 radical (unpaired) electrons. The smallest absolute Gasteiger partial charge is 0.335 e. The van der Waals surface area contributed by atoms with Crippen LogP contribution in [0.2, 0.25) is 10.0 Å². The van der Waals surface area contributed by atoms with Crippen molar-refractivity contribution in [3.63, 3.8) is 0 Å². The zero-order chi connectivity index (χ0) is 20.0. The average Bonchev–Trinajstić information content (AvgIpc) is 2.47. The van der Waals surface area contributed by atoms with E-state index in [1.54, 1.807) is 0 Å². The van der Waals surface area contributed by atoms with Crippen LogP contribution in [0.15, 0.2) is 32.7 Å². The molecule has 2 N–H and O–H groups in total. The van der Waals surface area contributed by atoms with E-state index in [-0.39, 0.29) is 15.3 Å². The Morgan fingerprint density at radius 2 is 1.62 bits per heavy atom. The molecule has 0 fully saturated rings. The van der Waals surface area contributed by atoms with Crippen molar-refractivity contribution in [2.45, 2.75) is 16.6 Å². The first-order valence-corrected chi connectivity index (χ1v) is 7.77. The van der Waals surface area contributed by atoms with Gasteiger partial charge in [-0.1, -0.05) is 23.2 Å². The molecular weight excluding hydrogens is 435 g/mol. The van der Waals surface area contributed by atoms with Crippen molar-refractivity contribution in [3.8, 4) is 5.69 Å². The number of nitrogen functional groups attached to an aromatic ring is 1. The summed E-state index contributed by atoms with van der Waals surface area (Å²) in [5.41, 5.74) is -10.3. The van der Waals surface area contributed by atoms with Gasteiger partial charge in [0, 0.05) is 6.07 Å². The minimum absolute atomic E-state index is 0.0168. The summed E-state index contributed by atoms with van der Waals surface area (Å²) in [4.78, 5) is 23.3. The lowest BCUT2D eigenvalue weighted by molar-refractivity contribution is -0.143. The van der Waals surface area contributed by atoms with Gasteiger partial charge in [-0.05, 0) is 23.9 Å². The fourth-order valence-corrected chi connectivity index (χ4v) is 3.18. The predicted octanol–water partition coefficient (Wildman–Crippen LogP) is 3.65. The van der Waals surface area contributed by atoms with Crippen molar-refractivity contribution in [2.24, 2.45) is 0 Å². The van der Waals surface area contributed by atoms with Crippen molar-refractivity contribution in [1.29, 1.82) is 0 Å². The van der Waals surface area contributed by atoms with Gasteiger partial charge in [0.2, 0.25) is 0 Å². The second-order valence-corrected chi connectivity index (χ2v) is 6.47. The van der Waals surface area contributed by atoms with E-state index in [0.29, 0.717) is 0 Å². The molecule has 2 rings (SSSR count). The summed E-state index contributed by atoms with van der Waals surface area (Å²) in [5.74, 6) is 5.07. The maximum Gasteiger partial charge on any atom is 0.446 e. The zero-order valence-electron chi connectivity index (χ0n) is 12.0. The second-order valence-electron chi connectivity index (χ2n) is 4.61. The summed E-state index contributed by atoms with van der Waals surface area (Å²) in [7, 11) is 0. The van der Waals surface area contributed by atoms with E-state index in [1.807, 2.05) is 0 Å². The topological polar surface area (TPSA) is 70.0 Å². The fraction of sp³-hybridized carbons (Fsp3) is 0.167. The molecule has 0 amide bonds. The van der Waals surface area contributed by atoms with E-state index < -0.39 is 61.0 Å². The number of alkyl halides is 6. The van der Waals surface area contributed by atoms with Gasteiger partial charge >= 0.3 is 17.4 Å². The first-order valence-electron chi connectivity index (χ1n) is 6.19. The minimum Gasteiger partial charge on any atom is -0.335 e. The number of hydrogen-bond donors (Lipinski definition) is 1. The highest BCUT2D eigenvalue weighted by Crippen LogP contribution is 2.45. The molecule has 0 aliphatic rings. The molecule has 142 valence electrons. The van der Waals surface area contributed by atoms with Crippen molar-refractivity contribution >= 4 is 35.0 Å². The van der Waals surface area contributed by atoms with Gasteiger partial charge in [0.15, 0.2) is 5.69 Å². The zero-order valence-corrected chi connectivity index (χ0v) is 14.3. The molecule has 0 atom stereocenters. The van der Waals surface area contributed by atoms with Crippen LogP contribution in [0.5, 0.6) is 0 Å². The van der Waals surface area contributed by atoms with Gasteiger partial charge in [-0.3, -0.25) is 4.79 Å². The Morgan fingerprint density at radius 3 is 2.12 bits per heavy atom. The maximum absolute atomic E-state index is 12.8. The van der Waals surface area contributed by atoms with E-state index >= 15 is 0 Å². The van der Waals surface area contributed by atoms with Crippen molar-refractivity contribution < 1.29 is 26.3 Å². The number of benzene rings is 1. The van der Waals surface area contributed by atoms with Crippen LogP contribution in [0.3, 0.4) is 0 Å². The van der Waals surface area contributed by atoms with Gasteiger partial charge in [0.25, 0.3) is 5.56 Å². The monoisotopic (exact) mass is 439 g/mol. The van der Waals surface area contributed by atoms with Crippen LogP contribution < -0.4 is 17.1 Å². The number of thioether (sulfide) groups is 1. The predicted molar refractivity (Wildman–Crippen MR) is 83.4 cm³/mol. The molecule has 1 aromatic carbocycles. The Hall–Kier alpha value is -1.79. The summed E-state index contributed by atoms with van der Waals surface area (Å²) in [6.07, 6.45) is -5.10. The number of aromatic nitrogens is 2. The molecule has 1 heterocycles. The van der Waals surface area contributed by atoms with Crippen LogP contribution in [0.1, 0.15) is 5.69 Å². The number of hydrogen-bond acceptors (Lipinski definition) is 4. The standard InChI is InChI=1S/C12H5Cl2F6N3O2S/c13-4-1-2-5(8(14)9(4)26-12(18,19)20)22-7(24)3-6(11(15,16)17)23(21)10(22)25/h1-3H,21H2. The van der Waals surface area contributed by atoms with E-state index in [4.69, 9.17) is 29.0 Å². The Kier molecular flexibility index (Phi) is 5.32. The van der Waals surface area contributed by atoms with Gasteiger partial charge < -0.3 is 5.84 Å². The number of rotatable bonds is 2. The second kappa shape index (κ2) is 6.74. The summed E-state index contributed by atoms with van der Waals surface area (Å²) >= 11 is 10.7. The Labute approximate surface area is 153 Å². The average molecular weight is 440 g/mol. The molecule has 2 aromatic rings. The summed E-state index contributed by atoms with van der Waals surface area (Å²) < 4.78 is 75.9. The Morgan fingerprint density at radius 1 is 1.04 bits per heavy atom. The van der Waals surface area contributed by atoms with Crippen LogP contribution in [0, 0.1) is 0 Å². The van der Waals surface area contributed by atoms with Crippen molar-refractivity contribution in [2.75, 3.05) is 5.84 Å². The Bertz CT molecular complexity index is 983. The lowest BCUT2D eigenvalue weighted by Crippen LogP contribution is -2.45. The third-order valence-corrected chi connectivity index (χ3v) is 4.70. The van der Waals surface area contributed by atoms with Crippen LogP contribution in [-0.4, -0.2) is 14.8 Å². The van der Waals surface area contributed by atoms with Gasteiger partial charge in [0.1, 0.15) is 0 Å². The van der Waals surface area contributed by atoms with Crippen molar-refractivity contribution in [1.82, 2.24) is 9.24 Å². The Balaban J connectivity index is 2.79. The maximum atomic E-state index is 12.8. The highest BCUT2D eigenvalue weighted by molar-refractivity contribution is 8.00. The molecule has 14 heteroatoms. The highest BCUT2D eigenvalue weighted by Gasteiger charge is 2.36. The number of nitrogens with two attached hydrogens (primary N) is 1. The van der Waals surface area contributed by atoms with Gasteiger partial charge in [-0.15, -0.1) is 0 Å². The molecule has 0 saturated carbocycles. The van der Waals surface area contributed by atoms with Gasteiger partial charge in [0.05, 0.1) is 20.6 Å². The largest absolute Gasteiger partial charge is 0.446 e. The number of halogens is 8. The molecule has 26 heavy (non-hydrogen) atoms. The molecule has 0 unspecified atom stereocenters. The van der Waals surface area contributed by atoms with E-state index in [0.717, 1.165) is 12.1 Å². The highest BCUT2D eigenvalue weighted by atomic mass is 35.5. The first kappa shape index (κ1) is 20.5. The molecular formula is C12H5Cl2F6N3O2S. The first-order chi connectivity index (χ1) is 11.7. The van der Waals surface area contributed by atoms with Gasteiger partial charge in [-0.2, -0.15) is 26.3 Å². The van der Waals surface area contributed by atoms with Crippen LogP contribution in [-0.2, 0) is 6.18 Å². The van der Waals surface area contributed by atoms with Crippen LogP contribution in [0.25, 0.3) is 5.69 Å². The molecule has 0 saturated heterocycles. The lowest BCUT2D eigenvalue weighted by Gasteiger charge is -2.16. The number of nitrogens with zero attached hydrogens (tertiary/aromatic N) is 2. The van der Waals surface area contributed by atoms with E-state index in [2.05, 4.69) is 0 Å². The van der Waals surface area contributed by atoms with Crippen LogP contribution >= 0.6 is 35.0 Å². The third kappa shape index (κ3) is 3.96. The fourth-order valence-electron chi connectivity index (χ4n) is 1.90. The molecule has 0 aliphatic carbocycles. The molecule has 5 nitrogen and oxygen atoms in total. The minimum atomic E-state index is -5.10. The SMILES string of the molecule is Nn1c(C(F)(F)F)cc(=O)n(-c2ccc(Cl)c(SC(F)(F)F)c2Cl)c1=O. The summed E-state index contributed by atoms with van der Waals surface area (Å²) in [6, 6.07) is 1.82. The van der Waals surface area contributed by atoms with Gasteiger partial charge in [-0.25, -0.2) is 14.0 Å². The normalized spacial score (nSPS) is 12.5.